The van der Waals surface area contributed by atoms with E-state index in [4.69, 9.17) is 9.15 Å². The summed E-state index contributed by atoms with van der Waals surface area (Å²) >= 11 is 0. The van der Waals surface area contributed by atoms with Gasteiger partial charge in [0.05, 0.1) is 12.7 Å². The Labute approximate surface area is 132 Å². The molecule has 0 bridgehead atoms. The molecule has 0 saturated heterocycles. The lowest BCUT2D eigenvalue weighted by molar-refractivity contribution is 0.400. The zero-order chi connectivity index (χ0) is 16.7. The van der Waals surface area contributed by atoms with Crippen LogP contribution in [0.3, 0.4) is 0 Å². The van der Waals surface area contributed by atoms with Gasteiger partial charge in [-0.2, -0.15) is 0 Å². The summed E-state index contributed by atoms with van der Waals surface area (Å²) in [5.74, 6) is 0.463. The SMILES string of the molecule is COc1c(C)c(O)c2c(=O)c(-c3ccc(O)cc3)coc2c1C. The number of methoxy groups -OCH3 is 1. The Bertz CT molecular complexity index is 952. The zero-order valence-corrected chi connectivity index (χ0v) is 13.0. The van der Waals surface area contributed by atoms with E-state index in [1.165, 1.54) is 25.5 Å². The van der Waals surface area contributed by atoms with Crippen LogP contribution in [0.2, 0.25) is 0 Å². The molecular formula is C18H16O5. The van der Waals surface area contributed by atoms with Crippen LogP contribution in [0.15, 0.2) is 39.7 Å². The summed E-state index contributed by atoms with van der Waals surface area (Å²) < 4.78 is 10.9. The molecule has 0 aliphatic rings. The molecule has 5 heteroatoms. The second-order valence-electron chi connectivity index (χ2n) is 5.36. The summed E-state index contributed by atoms with van der Waals surface area (Å²) in [6, 6.07) is 6.22. The van der Waals surface area contributed by atoms with Crippen molar-refractivity contribution in [2.75, 3.05) is 7.11 Å². The van der Waals surface area contributed by atoms with E-state index >= 15 is 0 Å². The summed E-state index contributed by atoms with van der Waals surface area (Å²) in [5.41, 5.74) is 2.04. The van der Waals surface area contributed by atoms with E-state index in [2.05, 4.69) is 0 Å². The minimum Gasteiger partial charge on any atom is -0.508 e. The topological polar surface area (TPSA) is 79.9 Å². The van der Waals surface area contributed by atoms with Crippen LogP contribution < -0.4 is 10.2 Å². The van der Waals surface area contributed by atoms with E-state index in [0.29, 0.717) is 33.6 Å². The number of ether oxygens (including phenoxy) is 1. The summed E-state index contributed by atoms with van der Waals surface area (Å²) in [5, 5.41) is 19.9. The fourth-order valence-corrected chi connectivity index (χ4v) is 2.78. The molecule has 0 saturated carbocycles. The zero-order valence-electron chi connectivity index (χ0n) is 13.0. The Hall–Kier alpha value is -2.95. The number of hydrogen-bond acceptors (Lipinski definition) is 5. The van der Waals surface area contributed by atoms with E-state index in [0.717, 1.165) is 0 Å². The van der Waals surface area contributed by atoms with Gasteiger partial charge in [-0.1, -0.05) is 12.1 Å². The van der Waals surface area contributed by atoms with Gasteiger partial charge in [-0.05, 0) is 31.5 Å². The van der Waals surface area contributed by atoms with Gasteiger partial charge in [-0.25, -0.2) is 0 Å². The standard InChI is InChI=1S/C18H16O5/c1-9-15(20)14-16(21)13(11-4-6-12(19)7-5-11)8-23-18(14)10(2)17(9)22-3/h4-8,19-20H,1-3H3. The first-order valence-corrected chi connectivity index (χ1v) is 7.06. The second kappa shape index (κ2) is 5.35. The normalized spacial score (nSPS) is 10.9. The van der Waals surface area contributed by atoms with Crippen LogP contribution in [0.1, 0.15) is 11.1 Å². The van der Waals surface area contributed by atoms with Crippen LogP contribution in [0.5, 0.6) is 17.2 Å². The third kappa shape index (κ3) is 2.21. The van der Waals surface area contributed by atoms with Gasteiger partial charge in [0.25, 0.3) is 0 Å². The molecule has 0 fully saturated rings. The van der Waals surface area contributed by atoms with Gasteiger partial charge in [-0.3, -0.25) is 4.79 Å². The molecule has 118 valence electrons. The maximum atomic E-state index is 12.8. The summed E-state index contributed by atoms with van der Waals surface area (Å²) in [4.78, 5) is 12.8. The van der Waals surface area contributed by atoms with Crippen LogP contribution in [0.4, 0.5) is 0 Å². The number of hydrogen-bond donors (Lipinski definition) is 2. The van der Waals surface area contributed by atoms with Gasteiger partial charge in [0, 0.05) is 11.1 Å². The maximum absolute atomic E-state index is 12.8. The molecular weight excluding hydrogens is 296 g/mol. The maximum Gasteiger partial charge on any atom is 0.204 e. The Morgan fingerprint density at radius 2 is 1.70 bits per heavy atom. The summed E-state index contributed by atoms with van der Waals surface area (Å²) in [7, 11) is 1.50. The van der Waals surface area contributed by atoms with E-state index in [9.17, 15) is 15.0 Å². The number of fused-ring (bicyclic) bond motifs is 1. The Balaban J connectivity index is 2.38. The molecule has 5 nitrogen and oxygen atoms in total. The molecule has 1 aromatic heterocycles. The largest absolute Gasteiger partial charge is 0.508 e. The molecule has 23 heavy (non-hydrogen) atoms. The van der Waals surface area contributed by atoms with Crippen LogP contribution in [0.25, 0.3) is 22.1 Å². The fraction of sp³-hybridized carbons (Fsp3) is 0.167. The van der Waals surface area contributed by atoms with Crippen molar-refractivity contribution < 1.29 is 19.4 Å². The predicted molar refractivity (Wildman–Crippen MR) is 87.3 cm³/mol. The van der Waals surface area contributed by atoms with E-state index in [1.807, 2.05) is 0 Å². The highest BCUT2D eigenvalue weighted by molar-refractivity contribution is 5.92. The van der Waals surface area contributed by atoms with Crippen LogP contribution in [0, 0.1) is 13.8 Å². The van der Waals surface area contributed by atoms with Crippen molar-refractivity contribution in [2.24, 2.45) is 0 Å². The molecule has 0 aliphatic heterocycles. The van der Waals surface area contributed by atoms with E-state index < -0.39 is 0 Å². The van der Waals surface area contributed by atoms with Gasteiger partial charge in [0.2, 0.25) is 5.43 Å². The van der Waals surface area contributed by atoms with Crippen molar-refractivity contribution in [3.63, 3.8) is 0 Å². The number of aryl methyl sites for hydroxylation is 1. The van der Waals surface area contributed by atoms with Crippen molar-refractivity contribution >= 4 is 11.0 Å². The lowest BCUT2D eigenvalue weighted by atomic mass is 10.0. The van der Waals surface area contributed by atoms with Gasteiger partial charge >= 0.3 is 0 Å². The van der Waals surface area contributed by atoms with Crippen molar-refractivity contribution in [2.45, 2.75) is 13.8 Å². The van der Waals surface area contributed by atoms with Crippen molar-refractivity contribution in [3.8, 4) is 28.4 Å². The lowest BCUT2D eigenvalue weighted by Crippen LogP contribution is -2.07. The fourth-order valence-electron chi connectivity index (χ4n) is 2.78. The third-order valence-corrected chi connectivity index (χ3v) is 3.99. The molecule has 2 N–H and O–H groups in total. The van der Waals surface area contributed by atoms with Crippen LogP contribution in [-0.4, -0.2) is 17.3 Å². The Morgan fingerprint density at radius 1 is 1.04 bits per heavy atom. The van der Waals surface area contributed by atoms with Gasteiger partial charge in [-0.15, -0.1) is 0 Å². The quantitative estimate of drug-likeness (QED) is 0.757. The lowest BCUT2D eigenvalue weighted by Gasteiger charge is -2.13. The predicted octanol–water partition coefficient (Wildman–Crippen LogP) is 3.50. The first-order valence-electron chi connectivity index (χ1n) is 7.06. The van der Waals surface area contributed by atoms with Crippen LogP contribution >= 0.6 is 0 Å². The average Bonchev–Trinajstić information content (AvgIpc) is 2.54. The molecule has 0 aliphatic carbocycles. The van der Waals surface area contributed by atoms with E-state index in [1.54, 1.807) is 26.0 Å². The summed E-state index contributed by atoms with van der Waals surface area (Å²) in [6.45, 7) is 3.46. The van der Waals surface area contributed by atoms with Crippen molar-refractivity contribution in [3.05, 3.63) is 51.9 Å². The highest BCUT2D eigenvalue weighted by Gasteiger charge is 2.20. The number of aromatic hydroxyl groups is 2. The number of benzene rings is 2. The molecule has 0 amide bonds. The Morgan fingerprint density at radius 3 is 2.30 bits per heavy atom. The molecule has 3 aromatic rings. The van der Waals surface area contributed by atoms with E-state index in [-0.39, 0.29) is 22.3 Å². The first kappa shape index (κ1) is 15.0. The van der Waals surface area contributed by atoms with Gasteiger partial charge < -0.3 is 19.4 Å². The molecule has 0 atom stereocenters. The van der Waals surface area contributed by atoms with Crippen molar-refractivity contribution in [1.82, 2.24) is 0 Å². The molecule has 3 rings (SSSR count). The average molecular weight is 312 g/mol. The molecule has 2 aromatic carbocycles. The summed E-state index contributed by atoms with van der Waals surface area (Å²) in [6.07, 6.45) is 1.36. The minimum absolute atomic E-state index is 0.109. The van der Waals surface area contributed by atoms with Gasteiger partial charge in [0.15, 0.2) is 0 Å². The third-order valence-electron chi connectivity index (χ3n) is 3.99. The highest BCUT2D eigenvalue weighted by atomic mass is 16.5. The number of phenolic OH excluding ortho intramolecular Hbond substituents is 2. The number of rotatable bonds is 2. The van der Waals surface area contributed by atoms with Crippen molar-refractivity contribution in [1.29, 1.82) is 0 Å². The highest BCUT2D eigenvalue weighted by Crippen LogP contribution is 2.38. The monoisotopic (exact) mass is 312 g/mol. The van der Waals surface area contributed by atoms with Gasteiger partial charge in [0.1, 0.15) is 34.5 Å². The Kier molecular flexibility index (Phi) is 3.48. The second-order valence-corrected chi connectivity index (χ2v) is 5.36. The van der Waals surface area contributed by atoms with Crippen LogP contribution in [-0.2, 0) is 0 Å². The minimum atomic E-state index is -0.330. The molecule has 0 unspecified atom stereocenters. The molecule has 0 radical (unpaired) electrons. The molecule has 0 spiro atoms. The molecule has 1 heterocycles. The smallest absolute Gasteiger partial charge is 0.204 e. The first-order chi connectivity index (χ1) is 11.0. The number of phenols is 2.